The maximum atomic E-state index is 3.85. The second kappa shape index (κ2) is 17.9. The number of unbranched alkanes of at least 4 members (excludes halogenated alkanes) is 2. The summed E-state index contributed by atoms with van der Waals surface area (Å²) < 4.78 is 2.13. The van der Waals surface area contributed by atoms with Crippen LogP contribution in [0.5, 0.6) is 0 Å². The van der Waals surface area contributed by atoms with Crippen molar-refractivity contribution in [2.75, 3.05) is 13.1 Å². The molecule has 30 heavy (non-hydrogen) atoms. The molecule has 2 saturated carbocycles. The lowest BCUT2D eigenvalue weighted by Gasteiger charge is -2.29. The summed E-state index contributed by atoms with van der Waals surface area (Å²) in [6, 6.07) is 1.47. The number of hydrogen-bond acceptors (Lipinski definition) is 2. The van der Waals surface area contributed by atoms with Gasteiger partial charge in [0.05, 0.1) is 0 Å². The molecule has 0 bridgehead atoms. The van der Waals surface area contributed by atoms with Crippen LogP contribution in [0, 0.1) is 11.8 Å². The first kappa shape index (κ1) is 28.4. The van der Waals surface area contributed by atoms with Crippen molar-refractivity contribution in [2.45, 2.75) is 116 Å². The molecule has 176 valence electrons. The van der Waals surface area contributed by atoms with Crippen molar-refractivity contribution < 1.29 is 0 Å². The van der Waals surface area contributed by atoms with E-state index in [2.05, 4.69) is 69.5 Å². The summed E-state index contributed by atoms with van der Waals surface area (Å²) >= 11 is 6.78. The molecule has 2 rings (SSSR count). The molecular formula is C26H48Br2N2. The molecule has 0 radical (unpaired) electrons. The predicted molar refractivity (Wildman–Crippen MR) is 143 cm³/mol. The van der Waals surface area contributed by atoms with Gasteiger partial charge in [0, 0.05) is 34.1 Å². The molecule has 2 aliphatic rings. The fourth-order valence-corrected chi connectivity index (χ4v) is 5.13. The van der Waals surface area contributed by atoms with Gasteiger partial charge >= 0.3 is 0 Å². The molecule has 2 fully saturated rings. The standard InChI is InChI=1S/2C13H24BrN/c2*1-3-4-5-12-6-8-13(9-7-12)15-10-11(2)14/h2*12-13,15H,2-10H2,1H3. The van der Waals surface area contributed by atoms with Gasteiger partial charge in [-0.2, -0.15) is 0 Å². The monoisotopic (exact) mass is 546 g/mol. The van der Waals surface area contributed by atoms with Gasteiger partial charge in [0.2, 0.25) is 0 Å². The van der Waals surface area contributed by atoms with Gasteiger partial charge in [0.25, 0.3) is 0 Å². The molecule has 0 saturated heterocycles. The zero-order valence-electron chi connectivity index (χ0n) is 19.8. The van der Waals surface area contributed by atoms with Crippen LogP contribution in [0.25, 0.3) is 0 Å². The van der Waals surface area contributed by atoms with Crippen LogP contribution in [0.15, 0.2) is 22.1 Å². The van der Waals surface area contributed by atoms with E-state index in [4.69, 9.17) is 0 Å². The first-order valence-electron chi connectivity index (χ1n) is 12.6. The Hall–Kier alpha value is 0.360. The van der Waals surface area contributed by atoms with E-state index in [0.717, 1.165) is 46.0 Å². The third-order valence-corrected chi connectivity index (χ3v) is 7.35. The lowest BCUT2D eigenvalue weighted by Crippen LogP contribution is -2.33. The Morgan fingerprint density at radius 1 is 0.667 bits per heavy atom. The highest BCUT2D eigenvalue weighted by Crippen LogP contribution is 2.29. The van der Waals surface area contributed by atoms with E-state index in [0.29, 0.717) is 0 Å². The number of halogens is 2. The average Bonchev–Trinajstić information content (AvgIpc) is 2.75. The lowest BCUT2D eigenvalue weighted by atomic mass is 9.83. The topological polar surface area (TPSA) is 24.1 Å². The largest absolute Gasteiger partial charge is 0.309 e. The number of hydrogen-bond donors (Lipinski definition) is 2. The van der Waals surface area contributed by atoms with Gasteiger partial charge in [-0.3, -0.25) is 0 Å². The minimum Gasteiger partial charge on any atom is -0.309 e. The smallest absolute Gasteiger partial charge is 0.0268 e. The molecule has 0 aromatic carbocycles. The highest BCUT2D eigenvalue weighted by molar-refractivity contribution is 9.12. The molecule has 0 aromatic heterocycles. The summed E-state index contributed by atoms with van der Waals surface area (Å²) in [5.41, 5.74) is 0. The molecule has 0 spiro atoms. The fourth-order valence-electron chi connectivity index (χ4n) is 4.81. The molecule has 2 N–H and O–H groups in total. The van der Waals surface area contributed by atoms with Crippen molar-refractivity contribution >= 4 is 31.9 Å². The second-order valence-corrected chi connectivity index (χ2v) is 11.8. The van der Waals surface area contributed by atoms with E-state index < -0.39 is 0 Å². The molecule has 0 aliphatic heterocycles. The van der Waals surface area contributed by atoms with Gasteiger partial charge in [0.15, 0.2) is 0 Å². The van der Waals surface area contributed by atoms with Crippen molar-refractivity contribution in [2.24, 2.45) is 11.8 Å². The SMILES string of the molecule is C=C(Br)CNC1CCC(CCCC)CC1.C=C(Br)CNC1CCC(CCCC)CC1. The quantitative estimate of drug-likeness (QED) is 0.256. The first-order chi connectivity index (χ1) is 14.4. The maximum absolute atomic E-state index is 3.85. The van der Waals surface area contributed by atoms with Crippen molar-refractivity contribution in [3.63, 3.8) is 0 Å². The Labute approximate surface area is 204 Å². The maximum Gasteiger partial charge on any atom is 0.0268 e. The Kier molecular flexibility index (Phi) is 16.9. The van der Waals surface area contributed by atoms with Crippen LogP contribution in [0.2, 0.25) is 0 Å². The predicted octanol–water partition coefficient (Wildman–Crippen LogP) is 8.47. The fraction of sp³-hybridized carbons (Fsp3) is 0.846. The van der Waals surface area contributed by atoms with Crippen LogP contribution in [0.1, 0.15) is 104 Å². The molecule has 2 nitrogen and oxygen atoms in total. The zero-order valence-corrected chi connectivity index (χ0v) is 23.0. The van der Waals surface area contributed by atoms with Gasteiger partial charge in [-0.05, 0) is 63.2 Å². The van der Waals surface area contributed by atoms with Gasteiger partial charge in [-0.15, -0.1) is 0 Å². The summed E-state index contributed by atoms with van der Waals surface area (Å²) in [7, 11) is 0. The molecule has 0 amide bonds. The minimum absolute atomic E-state index is 0.733. The van der Waals surface area contributed by atoms with Crippen LogP contribution in [0.3, 0.4) is 0 Å². The van der Waals surface area contributed by atoms with Crippen LogP contribution in [-0.2, 0) is 0 Å². The first-order valence-corrected chi connectivity index (χ1v) is 14.2. The van der Waals surface area contributed by atoms with Crippen LogP contribution in [0.4, 0.5) is 0 Å². The van der Waals surface area contributed by atoms with Crippen molar-refractivity contribution in [3.05, 3.63) is 22.1 Å². The summed E-state index contributed by atoms with van der Waals surface area (Å²) in [6.07, 6.45) is 19.6. The molecule has 2 aliphatic carbocycles. The molecule has 0 aromatic rings. The normalized spacial score (nSPS) is 26.5. The van der Waals surface area contributed by atoms with E-state index in [1.54, 1.807) is 0 Å². The van der Waals surface area contributed by atoms with Crippen molar-refractivity contribution in [3.8, 4) is 0 Å². The Balaban J connectivity index is 0.000000300. The summed E-state index contributed by atoms with van der Waals surface area (Å²) in [5, 5.41) is 7.10. The number of rotatable bonds is 12. The van der Waals surface area contributed by atoms with Crippen LogP contribution < -0.4 is 10.6 Å². The van der Waals surface area contributed by atoms with Crippen LogP contribution >= 0.6 is 31.9 Å². The number of nitrogens with one attached hydrogen (secondary N) is 2. The molecule has 0 heterocycles. The minimum atomic E-state index is 0.733. The van der Waals surface area contributed by atoms with E-state index in [1.165, 1.54) is 89.9 Å². The van der Waals surface area contributed by atoms with Crippen molar-refractivity contribution in [1.82, 2.24) is 10.6 Å². The Morgan fingerprint density at radius 3 is 1.27 bits per heavy atom. The Bertz CT molecular complexity index is 408. The Morgan fingerprint density at radius 2 is 1.00 bits per heavy atom. The van der Waals surface area contributed by atoms with E-state index >= 15 is 0 Å². The highest BCUT2D eigenvalue weighted by Gasteiger charge is 2.21. The summed E-state index contributed by atoms with van der Waals surface area (Å²) in [6.45, 7) is 14.1. The molecule has 0 atom stereocenters. The third-order valence-electron chi connectivity index (χ3n) is 6.79. The second-order valence-electron chi connectivity index (χ2n) is 9.52. The molecular weight excluding hydrogens is 500 g/mol. The van der Waals surface area contributed by atoms with E-state index in [-0.39, 0.29) is 0 Å². The van der Waals surface area contributed by atoms with Gasteiger partial charge in [-0.25, -0.2) is 0 Å². The summed E-state index contributed by atoms with van der Waals surface area (Å²) in [5.74, 6) is 2.02. The van der Waals surface area contributed by atoms with Gasteiger partial charge < -0.3 is 10.6 Å². The average molecular weight is 548 g/mol. The van der Waals surface area contributed by atoms with E-state index in [1.807, 2.05) is 0 Å². The zero-order chi connectivity index (χ0) is 22.2. The van der Waals surface area contributed by atoms with Gasteiger partial charge in [0.1, 0.15) is 0 Å². The van der Waals surface area contributed by atoms with Crippen molar-refractivity contribution in [1.29, 1.82) is 0 Å². The summed E-state index contributed by atoms with van der Waals surface area (Å²) in [4.78, 5) is 0. The molecule has 4 heteroatoms. The highest BCUT2D eigenvalue weighted by atomic mass is 79.9. The molecule has 0 unspecified atom stereocenters. The van der Waals surface area contributed by atoms with Gasteiger partial charge in [-0.1, -0.05) is 97.4 Å². The lowest BCUT2D eigenvalue weighted by molar-refractivity contribution is 0.280. The van der Waals surface area contributed by atoms with Crippen LogP contribution in [-0.4, -0.2) is 25.2 Å². The van der Waals surface area contributed by atoms with E-state index in [9.17, 15) is 0 Å². The third kappa shape index (κ3) is 14.4.